The molecule has 1 amide bonds. The summed E-state index contributed by atoms with van der Waals surface area (Å²) in [4.78, 5) is 41.3. The van der Waals surface area contributed by atoms with Gasteiger partial charge in [0.05, 0.1) is 24.0 Å². The van der Waals surface area contributed by atoms with Crippen LogP contribution in [0, 0.1) is 0 Å². The molecule has 0 aliphatic rings. The number of aromatic amines is 1. The minimum Gasteiger partial charge on any atom is -0.503 e. The summed E-state index contributed by atoms with van der Waals surface area (Å²) in [5.74, 6) is -3.02. The standard InChI is InChI=1S/C16H14N6O5/c23-12(24)6-19-16(27)13-15(26)14(25)10(5-18-13)11-8-22(21-20-11)7-9-3-1-2-4-17-9/h1-5,8,26H,6-7H2,(H,18,25)(H,19,27)(H,23,24). The van der Waals surface area contributed by atoms with Crippen LogP contribution in [0.4, 0.5) is 0 Å². The van der Waals surface area contributed by atoms with E-state index in [4.69, 9.17) is 5.11 Å². The van der Waals surface area contributed by atoms with Gasteiger partial charge in [0, 0.05) is 12.4 Å². The van der Waals surface area contributed by atoms with Gasteiger partial charge in [-0.1, -0.05) is 11.3 Å². The Morgan fingerprint density at radius 3 is 2.81 bits per heavy atom. The molecular formula is C16H14N6O5. The van der Waals surface area contributed by atoms with Crippen molar-refractivity contribution in [2.24, 2.45) is 0 Å². The molecular weight excluding hydrogens is 356 g/mol. The van der Waals surface area contributed by atoms with Gasteiger partial charge in [-0.3, -0.25) is 19.4 Å². The molecule has 0 bridgehead atoms. The number of aliphatic carboxylic acids is 1. The number of carboxylic acids is 1. The van der Waals surface area contributed by atoms with Gasteiger partial charge in [0.2, 0.25) is 5.43 Å². The van der Waals surface area contributed by atoms with Crippen LogP contribution in [-0.4, -0.2) is 53.6 Å². The summed E-state index contributed by atoms with van der Waals surface area (Å²) in [5.41, 5.74) is -0.323. The lowest BCUT2D eigenvalue weighted by atomic mass is 10.1. The van der Waals surface area contributed by atoms with Crippen molar-refractivity contribution in [3.63, 3.8) is 0 Å². The Labute approximate surface area is 151 Å². The first-order valence-electron chi connectivity index (χ1n) is 7.70. The number of carbonyl (C=O) groups excluding carboxylic acids is 1. The van der Waals surface area contributed by atoms with Crippen LogP contribution in [0.5, 0.6) is 5.75 Å². The molecule has 3 heterocycles. The summed E-state index contributed by atoms with van der Waals surface area (Å²) >= 11 is 0. The molecule has 0 saturated carbocycles. The van der Waals surface area contributed by atoms with Gasteiger partial charge in [0.15, 0.2) is 11.4 Å². The predicted molar refractivity (Wildman–Crippen MR) is 91.1 cm³/mol. The fraction of sp³-hybridized carbons (Fsp3) is 0.125. The minimum atomic E-state index is -1.26. The molecule has 3 aromatic rings. The second-order valence-electron chi connectivity index (χ2n) is 5.45. The second kappa shape index (κ2) is 7.47. The number of carbonyl (C=O) groups is 2. The third kappa shape index (κ3) is 3.98. The molecule has 0 spiro atoms. The molecule has 0 aromatic carbocycles. The third-order valence-corrected chi connectivity index (χ3v) is 3.55. The Morgan fingerprint density at radius 1 is 1.30 bits per heavy atom. The number of H-pyrrole nitrogens is 1. The summed E-state index contributed by atoms with van der Waals surface area (Å²) in [7, 11) is 0. The van der Waals surface area contributed by atoms with Crippen LogP contribution in [0.3, 0.4) is 0 Å². The van der Waals surface area contributed by atoms with Crippen LogP contribution < -0.4 is 10.7 Å². The summed E-state index contributed by atoms with van der Waals surface area (Å²) in [6.45, 7) is -0.308. The molecule has 138 valence electrons. The van der Waals surface area contributed by atoms with Crippen molar-refractivity contribution in [1.82, 2.24) is 30.3 Å². The van der Waals surface area contributed by atoms with E-state index in [-0.39, 0.29) is 11.3 Å². The van der Waals surface area contributed by atoms with Gasteiger partial charge in [-0.05, 0) is 12.1 Å². The van der Waals surface area contributed by atoms with Crippen LogP contribution in [0.15, 0.2) is 41.6 Å². The lowest BCUT2D eigenvalue weighted by molar-refractivity contribution is -0.135. The number of hydrogen-bond donors (Lipinski definition) is 4. The van der Waals surface area contributed by atoms with Gasteiger partial charge in [0.1, 0.15) is 12.2 Å². The Balaban J connectivity index is 1.84. The highest BCUT2D eigenvalue weighted by molar-refractivity contribution is 5.96. The first-order valence-corrected chi connectivity index (χ1v) is 7.70. The number of nitrogens with one attached hydrogen (secondary N) is 2. The summed E-state index contributed by atoms with van der Waals surface area (Å²) in [6, 6.07) is 5.42. The number of hydrogen-bond acceptors (Lipinski definition) is 7. The van der Waals surface area contributed by atoms with Crippen molar-refractivity contribution in [1.29, 1.82) is 0 Å². The number of amides is 1. The minimum absolute atomic E-state index is 0.00885. The van der Waals surface area contributed by atoms with E-state index in [1.165, 1.54) is 17.1 Å². The molecule has 4 N–H and O–H groups in total. The topological polar surface area (TPSA) is 163 Å². The highest BCUT2D eigenvalue weighted by atomic mass is 16.4. The van der Waals surface area contributed by atoms with E-state index in [9.17, 15) is 19.5 Å². The van der Waals surface area contributed by atoms with Crippen molar-refractivity contribution in [2.45, 2.75) is 6.54 Å². The molecule has 0 unspecified atom stereocenters. The first-order chi connectivity index (χ1) is 13.0. The molecule has 11 heteroatoms. The number of aromatic hydroxyl groups is 1. The molecule has 0 fully saturated rings. The van der Waals surface area contributed by atoms with E-state index in [0.29, 0.717) is 6.54 Å². The van der Waals surface area contributed by atoms with Crippen molar-refractivity contribution in [3.05, 3.63) is 58.4 Å². The van der Waals surface area contributed by atoms with E-state index in [2.05, 4.69) is 20.3 Å². The van der Waals surface area contributed by atoms with Gasteiger partial charge in [-0.15, -0.1) is 5.10 Å². The molecule has 27 heavy (non-hydrogen) atoms. The van der Waals surface area contributed by atoms with Crippen molar-refractivity contribution in [2.75, 3.05) is 6.54 Å². The lowest BCUT2D eigenvalue weighted by Gasteiger charge is -2.05. The van der Waals surface area contributed by atoms with Crippen molar-refractivity contribution < 1.29 is 19.8 Å². The molecule has 0 aliphatic carbocycles. The summed E-state index contributed by atoms with van der Waals surface area (Å²) < 4.78 is 1.47. The number of aromatic nitrogens is 5. The summed E-state index contributed by atoms with van der Waals surface area (Å²) in [5, 5.41) is 28.4. The van der Waals surface area contributed by atoms with Gasteiger partial charge >= 0.3 is 5.97 Å². The molecule has 3 aromatic heterocycles. The molecule has 0 atom stereocenters. The van der Waals surface area contributed by atoms with E-state index >= 15 is 0 Å². The molecule has 11 nitrogen and oxygen atoms in total. The quantitative estimate of drug-likeness (QED) is 0.455. The van der Waals surface area contributed by atoms with E-state index in [1.54, 1.807) is 12.3 Å². The lowest BCUT2D eigenvalue weighted by Crippen LogP contribution is -2.30. The Kier molecular flexibility index (Phi) is 4.92. The van der Waals surface area contributed by atoms with Gasteiger partial charge < -0.3 is 20.5 Å². The SMILES string of the molecule is O=C(O)CNC(=O)c1[nH]cc(-c2cn(Cc3ccccn3)nn2)c(=O)c1O. The van der Waals surface area contributed by atoms with Crippen molar-refractivity contribution >= 4 is 11.9 Å². The summed E-state index contributed by atoms with van der Waals surface area (Å²) in [6.07, 6.45) is 4.35. The highest BCUT2D eigenvalue weighted by Gasteiger charge is 2.19. The number of pyridine rings is 2. The van der Waals surface area contributed by atoms with E-state index in [0.717, 1.165) is 5.69 Å². The molecule has 0 saturated heterocycles. The maximum atomic E-state index is 12.3. The maximum absolute atomic E-state index is 12.3. The monoisotopic (exact) mass is 370 g/mol. The van der Waals surface area contributed by atoms with Gasteiger partial charge in [-0.25, -0.2) is 4.68 Å². The second-order valence-corrected chi connectivity index (χ2v) is 5.45. The van der Waals surface area contributed by atoms with Crippen LogP contribution in [0.2, 0.25) is 0 Å². The first kappa shape index (κ1) is 17.8. The third-order valence-electron chi connectivity index (χ3n) is 3.55. The number of rotatable bonds is 6. The Bertz CT molecular complexity index is 1040. The molecule has 3 rings (SSSR count). The normalized spacial score (nSPS) is 10.5. The van der Waals surface area contributed by atoms with E-state index < -0.39 is 35.3 Å². The van der Waals surface area contributed by atoms with Crippen LogP contribution in [0.1, 0.15) is 16.2 Å². The van der Waals surface area contributed by atoms with Crippen LogP contribution in [-0.2, 0) is 11.3 Å². The van der Waals surface area contributed by atoms with Crippen LogP contribution in [0.25, 0.3) is 11.3 Å². The zero-order chi connectivity index (χ0) is 19.4. The largest absolute Gasteiger partial charge is 0.503 e. The maximum Gasteiger partial charge on any atom is 0.322 e. The number of nitrogens with zero attached hydrogens (tertiary/aromatic N) is 4. The van der Waals surface area contributed by atoms with Gasteiger partial charge in [-0.2, -0.15) is 0 Å². The smallest absolute Gasteiger partial charge is 0.322 e. The fourth-order valence-corrected chi connectivity index (χ4v) is 2.28. The average molecular weight is 370 g/mol. The molecule has 0 aliphatic heterocycles. The average Bonchev–Trinajstić information content (AvgIpc) is 3.11. The van der Waals surface area contributed by atoms with Crippen LogP contribution >= 0.6 is 0 Å². The Hall–Kier alpha value is -4.02. The highest BCUT2D eigenvalue weighted by Crippen LogP contribution is 2.17. The van der Waals surface area contributed by atoms with Gasteiger partial charge in [0.25, 0.3) is 5.91 Å². The zero-order valence-corrected chi connectivity index (χ0v) is 13.8. The fourth-order valence-electron chi connectivity index (χ4n) is 2.28. The molecule has 0 radical (unpaired) electrons. The Morgan fingerprint density at radius 2 is 2.11 bits per heavy atom. The van der Waals surface area contributed by atoms with Crippen molar-refractivity contribution in [3.8, 4) is 17.0 Å². The number of carboxylic acid groups (broad SMARTS) is 1. The predicted octanol–water partition coefficient (Wildman–Crippen LogP) is -0.403. The zero-order valence-electron chi connectivity index (χ0n) is 13.8. The van der Waals surface area contributed by atoms with E-state index in [1.807, 2.05) is 17.4 Å².